The fourth-order valence-corrected chi connectivity index (χ4v) is 6.32. The van der Waals surface area contributed by atoms with Gasteiger partial charge in [0.1, 0.15) is 16.6 Å². The quantitative estimate of drug-likeness (QED) is 0.618. The van der Waals surface area contributed by atoms with Gasteiger partial charge in [-0.15, -0.1) is 10.2 Å². The van der Waals surface area contributed by atoms with Gasteiger partial charge in [-0.25, -0.2) is 17.2 Å². The number of carbonyl (C=O) groups excluding carboxylic acids is 1. The highest BCUT2D eigenvalue weighted by Crippen LogP contribution is 2.38. The van der Waals surface area contributed by atoms with Crippen LogP contribution in [0, 0.1) is 18.6 Å². The third-order valence-electron chi connectivity index (χ3n) is 4.98. The van der Waals surface area contributed by atoms with Gasteiger partial charge in [0.2, 0.25) is 15.0 Å². The molecule has 31 heavy (non-hydrogen) atoms. The number of hydrogen-bond donors (Lipinski definition) is 1. The van der Waals surface area contributed by atoms with Crippen molar-refractivity contribution in [1.29, 1.82) is 0 Å². The Balaban J connectivity index is 1.56. The average molecular weight is 465 g/mol. The Morgan fingerprint density at radius 2 is 1.97 bits per heavy atom. The first kappa shape index (κ1) is 21.5. The molecule has 1 aliphatic heterocycles. The van der Waals surface area contributed by atoms with E-state index in [1.54, 1.807) is 31.2 Å². The molecule has 0 bridgehead atoms. The van der Waals surface area contributed by atoms with Gasteiger partial charge < -0.3 is 5.32 Å². The van der Waals surface area contributed by atoms with Crippen LogP contribution in [0.4, 0.5) is 14.5 Å². The number of amides is 1. The Morgan fingerprint density at radius 1 is 1.19 bits per heavy atom. The molecule has 1 fully saturated rings. The zero-order chi connectivity index (χ0) is 22.2. The molecule has 0 aliphatic carbocycles. The lowest BCUT2D eigenvalue weighted by atomic mass is 10.2. The van der Waals surface area contributed by atoms with Crippen LogP contribution in [0.15, 0.2) is 47.4 Å². The Kier molecular flexibility index (Phi) is 5.82. The molecule has 0 unspecified atom stereocenters. The number of benzene rings is 2. The molecule has 1 aliphatic rings. The molecule has 11 heteroatoms. The van der Waals surface area contributed by atoms with Crippen LogP contribution in [-0.2, 0) is 10.0 Å². The molecule has 1 amide bonds. The van der Waals surface area contributed by atoms with E-state index in [1.165, 1.54) is 4.31 Å². The summed E-state index contributed by atoms with van der Waals surface area (Å²) in [5.41, 5.74) is 0.458. The van der Waals surface area contributed by atoms with Crippen LogP contribution in [0.25, 0.3) is 0 Å². The molecular weight excluding hydrogens is 446 g/mol. The smallest absolute Gasteiger partial charge is 0.286 e. The highest BCUT2D eigenvalue weighted by Gasteiger charge is 2.39. The molecule has 0 saturated carbocycles. The predicted molar refractivity (Wildman–Crippen MR) is 111 cm³/mol. The Hall–Kier alpha value is -2.76. The standard InChI is InChI=1S/C20H18F2N4O3S2/c1-12-5-2-3-7-17(12)31(28,29)26-10-4-6-16(26)19-24-25-20(30-19)18(27)23-15-9-8-13(21)11-14(15)22/h2-3,5,7-9,11,16H,4,6,10H2,1H3,(H,23,27)/t16-/m0/s1. The third kappa shape index (κ3) is 4.21. The number of sulfonamides is 1. The number of anilines is 1. The van der Waals surface area contributed by atoms with E-state index in [0.717, 1.165) is 23.5 Å². The van der Waals surface area contributed by atoms with E-state index in [-0.39, 0.29) is 15.6 Å². The van der Waals surface area contributed by atoms with Crippen LogP contribution in [-0.4, -0.2) is 35.4 Å². The van der Waals surface area contributed by atoms with Gasteiger partial charge in [-0.1, -0.05) is 29.5 Å². The molecule has 4 rings (SSSR count). The van der Waals surface area contributed by atoms with Gasteiger partial charge in [-0.05, 0) is 43.5 Å². The van der Waals surface area contributed by atoms with Crippen LogP contribution >= 0.6 is 11.3 Å². The summed E-state index contributed by atoms with van der Waals surface area (Å²) in [7, 11) is -3.75. The number of halogens is 2. The van der Waals surface area contributed by atoms with Crippen molar-refractivity contribution in [3.8, 4) is 0 Å². The zero-order valence-electron chi connectivity index (χ0n) is 16.4. The van der Waals surface area contributed by atoms with Gasteiger partial charge >= 0.3 is 0 Å². The second-order valence-corrected chi connectivity index (χ2v) is 9.93. The van der Waals surface area contributed by atoms with Crippen molar-refractivity contribution >= 4 is 33.0 Å². The molecular formula is C20H18F2N4O3S2. The van der Waals surface area contributed by atoms with E-state index in [0.29, 0.717) is 36.0 Å². The second kappa shape index (κ2) is 8.40. The van der Waals surface area contributed by atoms with Crippen LogP contribution in [0.1, 0.15) is 39.3 Å². The summed E-state index contributed by atoms with van der Waals surface area (Å²) in [5.74, 6) is -2.38. The summed E-state index contributed by atoms with van der Waals surface area (Å²) < 4.78 is 54.7. The average Bonchev–Trinajstić information content (AvgIpc) is 3.40. The van der Waals surface area contributed by atoms with Crippen LogP contribution in [0.3, 0.4) is 0 Å². The normalized spacial score (nSPS) is 17.1. The molecule has 2 heterocycles. The minimum absolute atomic E-state index is 0.0427. The lowest BCUT2D eigenvalue weighted by molar-refractivity contribution is 0.102. The van der Waals surface area contributed by atoms with Crippen molar-refractivity contribution in [3.63, 3.8) is 0 Å². The SMILES string of the molecule is Cc1ccccc1S(=O)(=O)N1CCC[C@H]1c1nnc(C(=O)Nc2ccc(F)cc2F)s1. The van der Waals surface area contributed by atoms with Crippen molar-refractivity contribution in [2.24, 2.45) is 0 Å². The van der Waals surface area contributed by atoms with E-state index >= 15 is 0 Å². The fourth-order valence-electron chi connectivity index (χ4n) is 3.47. The lowest BCUT2D eigenvalue weighted by Gasteiger charge is -2.23. The van der Waals surface area contributed by atoms with E-state index in [1.807, 2.05) is 0 Å². The highest BCUT2D eigenvalue weighted by atomic mass is 32.2. The van der Waals surface area contributed by atoms with Gasteiger partial charge in [0.25, 0.3) is 5.91 Å². The Morgan fingerprint density at radius 3 is 2.71 bits per heavy atom. The van der Waals surface area contributed by atoms with Gasteiger partial charge in [0.05, 0.1) is 16.6 Å². The molecule has 7 nitrogen and oxygen atoms in total. The number of aromatic nitrogens is 2. The Bertz CT molecular complexity index is 1250. The van der Waals surface area contributed by atoms with E-state index in [2.05, 4.69) is 15.5 Å². The number of aryl methyl sites for hydroxylation is 1. The summed E-state index contributed by atoms with van der Waals surface area (Å²) in [6.45, 7) is 2.07. The minimum atomic E-state index is -3.75. The second-order valence-electron chi connectivity index (χ2n) is 7.06. The monoisotopic (exact) mass is 464 g/mol. The van der Waals surface area contributed by atoms with Crippen molar-refractivity contribution in [1.82, 2.24) is 14.5 Å². The molecule has 2 aromatic carbocycles. The molecule has 1 N–H and O–H groups in total. The maximum atomic E-state index is 13.8. The molecule has 0 radical (unpaired) electrons. The molecule has 3 aromatic rings. The van der Waals surface area contributed by atoms with Crippen LogP contribution in [0.2, 0.25) is 0 Å². The van der Waals surface area contributed by atoms with Crippen LogP contribution in [0.5, 0.6) is 0 Å². The first-order valence-electron chi connectivity index (χ1n) is 9.44. The number of nitrogens with zero attached hydrogens (tertiary/aromatic N) is 3. The number of rotatable bonds is 5. The molecule has 1 atom stereocenters. The Labute approximate surface area is 181 Å². The van der Waals surface area contributed by atoms with Crippen molar-refractivity contribution in [2.45, 2.75) is 30.7 Å². The number of hydrogen-bond acceptors (Lipinski definition) is 6. The van der Waals surface area contributed by atoms with Gasteiger partial charge in [-0.2, -0.15) is 4.31 Å². The minimum Gasteiger partial charge on any atom is -0.317 e. The summed E-state index contributed by atoms with van der Waals surface area (Å²) in [6.07, 6.45) is 1.20. The van der Waals surface area contributed by atoms with Crippen molar-refractivity contribution in [2.75, 3.05) is 11.9 Å². The first-order valence-corrected chi connectivity index (χ1v) is 11.7. The first-order chi connectivity index (χ1) is 14.8. The summed E-state index contributed by atoms with van der Waals surface area (Å²) in [4.78, 5) is 12.7. The van der Waals surface area contributed by atoms with Crippen molar-refractivity contribution < 1.29 is 22.0 Å². The molecule has 0 spiro atoms. The number of carbonyl (C=O) groups is 1. The third-order valence-corrected chi connectivity index (χ3v) is 8.07. The predicted octanol–water partition coefficient (Wildman–Crippen LogP) is 3.90. The van der Waals surface area contributed by atoms with Gasteiger partial charge in [0, 0.05) is 12.6 Å². The van der Waals surface area contributed by atoms with E-state index in [4.69, 9.17) is 0 Å². The molecule has 162 valence electrons. The zero-order valence-corrected chi connectivity index (χ0v) is 18.0. The largest absolute Gasteiger partial charge is 0.317 e. The molecule has 1 saturated heterocycles. The molecule has 1 aromatic heterocycles. The summed E-state index contributed by atoms with van der Waals surface area (Å²) in [5, 5.41) is 10.5. The van der Waals surface area contributed by atoms with Crippen molar-refractivity contribution in [3.05, 3.63) is 69.7 Å². The maximum Gasteiger partial charge on any atom is 0.286 e. The summed E-state index contributed by atoms with van der Waals surface area (Å²) >= 11 is 0.949. The van der Waals surface area contributed by atoms with E-state index < -0.39 is 33.6 Å². The summed E-state index contributed by atoms with van der Waals surface area (Å²) in [6, 6.07) is 9.01. The van der Waals surface area contributed by atoms with Crippen LogP contribution < -0.4 is 5.32 Å². The highest BCUT2D eigenvalue weighted by molar-refractivity contribution is 7.89. The fraction of sp³-hybridized carbons (Fsp3) is 0.250. The lowest BCUT2D eigenvalue weighted by Crippen LogP contribution is -2.31. The van der Waals surface area contributed by atoms with Gasteiger partial charge in [0.15, 0.2) is 0 Å². The number of nitrogens with one attached hydrogen (secondary N) is 1. The van der Waals surface area contributed by atoms with E-state index in [9.17, 15) is 22.0 Å². The maximum absolute atomic E-state index is 13.8. The van der Waals surface area contributed by atoms with Gasteiger partial charge in [-0.3, -0.25) is 4.79 Å². The topological polar surface area (TPSA) is 92.3 Å².